The fraction of sp³-hybridized carbons (Fsp3) is 0.440. The highest BCUT2D eigenvalue weighted by Gasteiger charge is 2.29. The highest BCUT2D eigenvalue weighted by Crippen LogP contribution is 2.21. The quantitative estimate of drug-likeness (QED) is 0.443. The van der Waals surface area contributed by atoms with E-state index in [1.165, 1.54) is 18.3 Å². The van der Waals surface area contributed by atoms with Crippen LogP contribution in [0.25, 0.3) is 5.57 Å². The summed E-state index contributed by atoms with van der Waals surface area (Å²) in [6.45, 7) is 11.0. The molecule has 1 aromatic heterocycles. The van der Waals surface area contributed by atoms with Gasteiger partial charge in [-0.15, -0.1) is 0 Å². The lowest BCUT2D eigenvalue weighted by molar-refractivity contribution is -0.137. The Hall–Kier alpha value is -3.17. The van der Waals surface area contributed by atoms with Crippen LogP contribution in [0.2, 0.25) is 0 Å². The summed E-state index contributed by atoms with van der Waals surface area (Å²) in [6.07, 6.45) is 3.84. The lowest BCUT2D eigenvalue weighted by Crippen LogP contribution is -2.56. The maximum Gasteiger partial charge on any atom is 0.242 e. The number of likely N-dealkylation sites (N-methyl/N-ethyl adjacent to an activating group) is 1. The van der Waals surface area contributed by atoms with Crippen LogP contribution < -0.4 is 5.73 Å². The molecule has 0 aliphatic carbocycles. The lowest BCUT2D eigenvalue weighted by atomic mass is 9.98. The van der Waals surface area contributed by atoms with Crippen LogP contribution in [0.15, 0.2) is 36.5 Å². The number of aromatic amines is 1. The van der Waals surface area contributed by atoms with Gasteiger partial charge in [0.1, 0.15) is 11.6 Å². The molecule has 4 N–H and O–H groups in total. The predicted octanol–water partition coefficient (Wildman–Crippen LogP) is 2.97. The van der Waals surface area contributed by atoms with E-state index < -0.39 is 5.54 Å². The Morgan fingerprint density at radius 1 is 1.21 bits per heavy atom. The fourth-order valence-electron chi connectivity index (χ4n) is 3.34. The topological polar surface area (TPSA) is 119 Å². The molecule has 3 rings (SSSR count). The van der Waals surface area contributed by atoms with Gasteiger partial charge in [-0.25, -0.2) is 9.37 Å². The molecular weight excluding hydrogens is 435 g/mol. The maximum atomic E-state index is 12.9. The van der Waals surface area contributed by atoms with Gasteiger partial charge in [-0.2, -0.15) is 0 Å². The molecule has 1 aliphatic heterocycles. The molecule has 0 unspecified atom stereocenters. The zero-order valence-electron chi connectivity index (χ0n) is 20.6. The van der Waals surface area contributed by atoms with Crippen molar-refractivity contribution in [3.63, 3.8) is 0 Å². The molecular formula is C25H35FN6O2. The number of allylic oxidation sites excluding steroid dienone is 2. The van der Waals surface area contributed by atoms with Crippen LogP contribution in [0.4, 0.5) is 4.39 Å². The van der Waals surface area contributed by atoms with Gasteiger partial charge in [0.25, 0.3) is 0 Å². The van der Waals surface area contributed by atoms with Crippen molar-refractivity contribution in [1.82, 2.24) is 19.8 Å². The number of aromatic nitrogens is 2. The smallest absolute Gasteiger partial charge is 0.242 e. The molecule has 184 valence electrons. The normalized spacial score (nSPS) is 15.1. The third-order valence-electron chi connectivity index (χ3n) is 5.41. The van der Waals surface area contributed by atoms with Gasteiger partial charge in [0.2, 0.25) is 5.91 Å². The molecule has 2 heterocycles. The van der Waals surface area contributed by atoms with Crippen molar-refractivity contribution in [2.45, 2.75) is 33.2 Å². The fourth-order valence-corrected chi connectivity index (χ4v) is 3.34. The highest BCUT2D eigenvalue weighted by atomic mass is 19.1. The predicted molar refractivity (Wildman–Crippen MR) is 132 cm³/mol. The van der Waals surface area contributed by atoms with E-state index in [1.807, 2.05) is 18.7 Å². The van der Waals surface area contributed by atoms with Gasteiger partial charge in [0.05, 0.1) is 23.1 Å². The number of hydrogen-bond donors (Lipinski definition) is 3. The average Bonchev–Trinajstić information content (AvgIpc) is 3.26. The summed E-state index contributed by atoms with van der Waals surface area (Å²) in [4.78, 5) is 33.6. The molecule has 0 bridgehead atoms. The lowest BCUT2D eigenvalue weighted by Gasteiger charge is -2.35. The monoisotopic (exact) mass is 470 g/mol. The van der Waals surface area contributed by atoms with E-state index in [9.17, 15) is 14.0 Å². The van der Waals surface area contributed by atoms with Crippen LogP contribution in [-0.2, 0) is 4.79 Å². The van der Waals surface area contributed by atoms with Crippen LogP contribution in [0.1, 0.15) is 49.6 Å². The van der Waals surface area contributed by atoms with Gasteiger partial charge in [-0.1, -0.05) is 13.8 Å². The maximum absolute atomic E-state index is 12.9. The number of hydrogen-bond acceptors (Lipinski definition) is 6. The summed E-state index contributed by atoms with van der Waals surface area (Å²) in [5, 5.41) is 8.11. The van der Waals surface area contributed by atoms with Gasteiger partial charge in [0, 0.05) is 26.2 Å². The number of amides is 1. The van der Waals surface area contributed by atoms with Crippen molar-refractivity contribution in [2.75, 3.05) is 33.2 Å². The molecule has 0 saturated carbocycles. The largest absolute Gasteiger partial charge is 0.339 e. The van der Waals surface area contributed by atoms with Crippen molar-refractivity contribution >= 4 is 23.5 Å². The third kappa shape index (κ3) is 7.71. The van der Waals surface area contributed by atoms with Crippen molar-refractivity contribution in [2.24, 2.45) is 11.7 Å². The second kappa shape index (κ2) is 11.8. The second-order valence-electron chi connectivity index (χ2n) is 9.30. The van der Waals surface area contributed by atoms with Crippen LogP contribution >= 0.6 is 0 Å². The SMILES string of the molecule is CC(C)/C(=C/C(=N)c1ccc(F)cc1)c1ncc(C=O)[nH]1.CN1CCN(C(=O)C(C)(C)N)CC1. The number of nitrogens with two attached hydrogens (primary N) is 1. The summed E-state index contributed by atoms with van der Waals surface area (Å²) in [5.41, 5.74) is 7.11. The summed E-state index contributed by atoms with van der Waals surface area (Å²) >= 11 is 0. The first-order chi connectivity index (χ1) is 15.9. The number of nitrogens with zero attached hydrogens (tertiary/aromatic N) is 3. The first kappa shape index (κ1) is 27.1. The van der Waals surface area contributed by atoms with E-state index in [4.69, 9.17) is 11.1 Å². The molecule has 8 nitrogen and oxygen atoms in total. The number of halogens is 1. The summed E-state index contributed by atoms with van der Waals surface area (Å²) in [7, 11) is 2.06. The molecule has 1 saturated heterocycles. The van der Waals surface area contributed by atoms with Gasteiger partial charge >= 0.3 is 0 Å². The van der Waals surface area contributed by atoms with Crippen LogP contribution in [0, 0.1) is 17.1 Å². The minimum Gasteiger partial charge on any atom is -0.339 e. The van der Waals surface area contributed by atoms with Crippen molar-refractivity contribution in [3.05, 3.63) is 59.4 Å². The molecule has 0 radical (unpaired) electrons. The molecule has 0 atom stereocenters. The van der Waals surface area contributed by atoms with Crippen LogP contribution in [0.5, 0.6) is 0 Å². The van der Waals surface area contributed by atoms with Crippen LogP contribution in [-0.4, -0.2) is 76.4 Å². The first-order valence-corrected chi connectivity index (χ1v) is 11.3. The zero-order valence-corrected chi connectivity index (χ0v) is 20.6. The number of nitrogens with one attached hydrogen (secondary N) is 2. The summed E-state index contributed by atoms with van der Waals surface area (Å²) < 4.78 is 12.9. The minimum atomic E-state index is -0.726. The molecule has 0 spiro atoms. The summed E-state index contributed by atoms with van der Waals surface area (Å²) in [5.74, 6) is 0.414. The first-order valence-electron chi connectivity index (χ1n) is 11.3. The Bertz CT molecular complexity index is 1010. The number of imidazole rings is 1. The molecule has 1 fully saturated rings. The number of benzene rings is 1. The van der Waals surface area contributed by atoms with E-state index in [0.29, 0.717) is 23.4 Å². The molecule has 34 heavy (non-hydrogen) atoms. The number of H-pyrrole nitrogens is 1. The number of carbonyl (C=O) groups is 2. The highest BCUT2D eigenvalue weighted by molar-refractivity contribution is 6.10. The minimum absolute atomic E-state index is 0.0561. The average molecular weight is 471 g/mol. The van der Waals surface area contributed by atoms with Gasteiger partial charge in [-0.3, -0.25) is 9.59 Å². The Morgan fingerprint density at radius 3 is 2.26 bits per heavy atom. The van der Waals surface area contributed by atoms with Crippen molar-refractivity contribution in [3.8, 4) is 0 Å². The number of aldehydes is 1. The molecule has 1 aromatic carbocycles. The van der Waals surface area contributed by atoms with Gasteiger partial charge in [0.15, 0.2) is 6.29 Å². The third-order valence-corrected chi connectivity index (χ3v) is 5.41. The van der Waals surface area contributed by atoms with Crippen molar-refractivity contribution in [1.29, 1.82) is 5.41 Å². The zero-order chi connectivity index (χ0) is 25.5. The van der Waals surface area contributed by atoms with Gasteiger partial charge < -0.3 is 25.9 Å². The number of rotatable bonds is 6. The molecule has 1 amide bonds. The standard InChI is InChI=1S/C16H16FN3O.C9H19N3O/c1-10(2)14(16-19-8-13(9-21)20-16)7-15(18)11-3-5-12(17)6-4-11;1-9(2,10)8(13)12-6-4-11(3)5-7-12/h3-10,18H,1-2H3,(H,19,20);4-7,10H2,1-3H3/b14-7-,18-15?;. The van der Waals surface area contributed by atoms with Gasteiger partial charge in [-0.05, 0) is 68.3 Å². The number of carbonyl (C=O) groups excluding carboxylic acids is 2. The number of piperazine rings is 1. The van der Waals surface area contributed by atoms with Crippen LogP contribution in [0.3, 0.4) is 0 Å². The Balaban J connectivity index is 0.000000270. The van der Waals surface area contributed by atoms with E-state index >= 15 is 0 Å². The van der Waals surface area contributed by atoms with E-state index in [1.54, 1.807) is 32.1 Å². The molecule has 1 aliphatic rings. The second-order valence-corrected chi connectivity index (χ2v) is 9.30. The molecule has 9 heteroatoms. The van der Waals surface area contributed by atoms with E-state index in [2.05, 4.69) is 21.9 Å². The van der Waals surface area contributed by atoms with E-state index in [0.717, 1.165) is 31.8 Å². The van der Waals surface area contributed by atoms with Crippen molar-refractivity contribution < 1.29 is 14.0 Å². The summed E-state index contributed by atoms with van der Waals surface area (Å²) in [6, 6.07) is 5.77. The Kier molecular flexibility index (Phi) is 9.40. The van der Waals surface area contributed by atoms with E-state index in [-0.39, 0.29) is 23.4 Å². The Labute approximate surface area is 200 Å². The molecule has 2 aromatic rings. The Morgan fingerprint density at radius 2 is 1.79 bits per heavy atom.